The predicted molar refractivity (Wildman–Crippen MR) is 135 cm³/mol. The Bertz CT molecular complexity index is 1380. The minimum absolute atomic E-state index is 0.284. The molecule has 9 heteroatoms. The highest BCUT2D eigenvalue weighted by atomic mass is 32.2. The number of benzene rings is 1. The molecule has 1 N–H and O–H groups in total. The first-order valence-corrected chi connectivity index (χ1v) is 12.5. The number of fused-ring (bicyclic) bond motifs is 2. The summed E-state index contributed by atoms with van der Waals surface area (Å²) in [4.78, 5) is 22.2. The number of nitrogens with zero attached hydrogens (tertiary/aromatic N) is 4. The van der Waals surface area contributed by atoms with Crippen molar-refractivity contribution in [2.45, 2.75) is 37.4 Å². The summed E-state index contributed by atoms with van der Waals surface area (Å²) < 4.78 is 9.29. The Morgan fingerprint density at radius 2 is 2.12 bits per heavy atom. The maximum Gasteiger partial charge on any atom is 0.261 e. The molecule has 170 valence electrons. The van der Waals surface area contributed by atoms with Crippen LogP contribution >= 0.6 is 23.1 Å². The van der Waals surface area contributed by atoms with E-state index in [1.54, 1.807) is 34.9 Å². The lowest BCUT2D eigenvalue weighted by Crippen LogP contribution is -2.14. The van der Waals surface area contributed by atoms with Crippen LogP contribution in [0.15, 0.2) is 28.7 Å². The Morgan fingerprint density at radius 1 is 1.30 bits per heavy atom. The van der Waals surface area contributed by atoms with Crippen LogP contribution in [0.4, 0.5) is 5.69 Å². The van der Waals surface area contributed by atoms with Gasteiger partial charge in [-0.15, -0.1) is 23.2 Å². The Balaban J connectivity index is 1.50. The monoisotopic (exact) mass is 479 g/mol. The van der Waals surface area contributed by atoms with Crippen molar-refractivity contribution in [2.75, 3.05) is 18.2 Å². The standard InChI is InChI=1S/C24H25N5O2S2/c1-5-6-7-8-9-12-32-24-27-18-11-10-16(13-19(18)33-24)26-23(30)17-14-25-22-20(21(17)31-4)15(2)28-29(22)3/h10-11,13-14H,5-6,9,12H2,1-4H3,(H,26,30). The zero-order valence-corrected chi connectivity index (χ0v) is 20.7. The lowest BCUT2D eigenvalue weighted by molar-refractivity contribution is 0.102. The van der Waals surface area contributed by atoms with Crippen LogP contribution in [0.5, 0.6) is 5.75 Å². The van der Waals surface area contributed by atoms with Gasteiger partial charge in [-0.05, 0) is 31.5 Å². The van der Waals surface area contributed by atoms with Crippen LogP contribution in [0, 0.1) is 18.8 Å². The van der Waals surface area contributed by atoms with E-state index in [1.807, 2.05) is 32.2 Å². The van der Waals surface area contributed by atoms with E-state index in [0.717, 1.165) is 50.7 Å². The van der Waals surface area contributed by atoms with Crippen LogP contribution in [0.2, 0.25) is 0 Å². The van der Waals surface area contributed by atoms with E-state index in [2.05, 4.69) is 39.1 Å². The number of nitrogens with one attached hydrogen (secondary N) is 1. The van der Waals surface area contributed by atoms with Crippen molar-refractivity contribution in [2.24, 2.45) is 7.05 Å². The summed E-state index contributed by atoms with van der Waals surface area (Å²) in [7, 11) is 3.37. The topological polar surface area (TPSA) is 81.9 Å². The molecule has 0 aliphatic heterocycles. The summed E-state index contributed by atoms with van der Waals surface area (Å²) in [6, 6.07) is 5.73. The average Bonchev–Trinajstić information content (AvgIpc) is 3.34. The van der Waals surface area contributed by atoms with E-state index in [0.29, 0.717) is 22.6 Å². The van der Waals surface area contributed by atoms with Crippen LogP contribution in [-0.2, 0) is 7.05 Å². The van der Waals surface area contributed by atoms with Gasteiger partial charge in [0.2, 0.25) is 0 Å². The number of aryl methyl sites for hydroxylation is 2. The van der Waals surface area contributed by atoms with Crippen LogP contribution < -0.4 is 10.1 Å². The molecule has 4 aromatic rings. The van der Waals surface area contributed by atoms with Gasteiger partial charge in [-0.3, -0.25) is 9.48 Å². The molecule has 1 aromatic carbocycles. The normalized spacial score (nSPS) is 10.9. The largest absolute Gasteiger partial charge is 0.495 e. The van der Waals surface area contributed by atoms with Gasteiger partial charge in [-0.25, -0.2) is 9.97 Å². The zero-order chi connectivity index (χ0) is 23.4. The summed E-state index contributed by atoms with van der Waals surface area (Å²) in [5, 5.41) is 8.09. The van der Waals surface area contributed by atoms with Crippen LogP contribution in [-0.4, -0.2) is 38.5 Å². The van der Waals surface area contributed by atoms with Crippen LogP contribution in [0.1, 0.15) is 42.2 Å². The number of rotatable bonds is 7. The number of pyridine rings is 1. The zero-order valence-electron chi connectivity index (χ0n) is 19.1. The number of anilines is 1. The van der Waals surface area contributed by atoms with Crippen LogP contribution in [0.25, 0.3) is 21.3 Å². The lowest BCUT2D eigenvalue weighted by atomic mass is 10.1. The number of aromatic nitrogens is 4. The van der Waals surface area contributed by atoms with E-state index >= 15 is 0 Å². The number of hydrogen-bond donors (Lipinski definition) is 1. The smallest absolute Gasteiger partial charge is 0.261 e. The number of thioether (sulfide) groups is 1. The molecule has 0 aliphatic rings. The van der Waals surface area contributed by atoms with E-state index in [4.69, 9.17) is 4.74 Å². The predicted octanol–water partition coefficient (Wildman–Crippen LogP) is 5.43. The maximum atomic E-state index is 13.1. The van der Waals surface area contributed by atoms with Crippen LogP contribution in [0.3, 0.4) is 0 Å². The number of unbranched alkanes of at least 4 members (excludes halogenated alkanes) is 1. The molecule has 0 saturated carbocycles. The molecule has 0 fully saturated rings. The Morgan fingerprint density at radius 3 is 2.91 bits per heavy atom. The van der Waals surface area contributed by atoms with E-state index < -0.39 is 0 Å². The third-order valence-electron chi connectivity index (χ3n) is 5.01. The van der Waals surface area contributed by atoms with Crippen molar-refractivity contribution in [3.63, 3.8) is 0 Å². The van der Waals surface area contributed by atoms with Gasteiger partial charge in [-0.1, -0.05) is 18.7 Å². The van der Waals surface area contributed by atoms with E-state index in [-0.39, 0.29) is 5.91 Å². The van der Waals surface area contributed by atoms with Gasteiger partial charge in [0, 0.05) is 37.5 Å². The molecule has 0 aliphatic carbocycles. The van der Waals surface area contributed by atoms with Crippen molar-refractivity contribution < 1.29 is 9.53 Å². The van der Waals surface area contributed by atoms with Gasteiger partial charge in [-0.2, -0.15) is 5.10 Å². The summed E-state index contributed by atoms with van der Waals surface area (Å²) in [5.74, 6) is 7.48. The van der Waals surface area contributed by atoms with E-state index in [1.165, 1.54) is 6.20 Å². The Hall–Kier alpha value is -3.09. The number of methoxy groups -OCH3 is 1. The van der Waals surface area contributed by atoms with Crippen molar-refractivity contribution >= 4 is 55.9 Å². The number of hydrogen-bond acceptors (Lipinski definition) is 7. The number of thiazole rings is 1. The van der Waals surface area contributed by atoms with Gasteiger partial charge >= 0.3 is 0 Å². The molecule has 0 radical (unpaired) electrons. The second-order valence-corrected chi connectivity index (χ2v) is 9.80. The molecule has 0 spiro atoms. The van der Waals surface area contributed by atoms with Gasteiger partial charge in [0.05, 0.1) is 28.4 Å². The fourth-order valence-corrected chi connectivity index (χ4v) is 5.52. The quantitative estimate of drug-likeness (QED) is 0.216. The summed E-state index contributed by atoms with van der Waals surface area (Å²) in [6.45, 7) is 4.01. The molecule has 3 heterocycles. The third kappa shape index (κ3) is 4.97. The Kier molecular flexibility index (Phi) is 7.16. The van der Waals surface area contributed by atoms with E-state index in [9.17, 15) is 4.79 Å². The second-order valence-electron chi connectivity index (χ2n) is 7.43. The van der Waals surface area contributed by atoms with Gasteiger partial charge < -0.3 is 10.1 Å². The first-order chi connectivity index (χ1) is 16.0. The highest BCUT2D eigenvalue weighted by molar-refractivity contribution is 8.01. The van der Waals surface area contributed by atoms with Gasteiger partial charge in [0.25, 0.3) is 5.91 Å². The summed E-state index contributed by atoms with van der Waals surface area (Å²) in [6.07, 6.45) is 4.44. The first kappa shape index (κ1) is 23.1. The average molecular weight is 480 g/mol. The summed E-state index contributed by atoms with van der Waals surface area (Å²) in [5.41, 5.74) is 3.42. The minimum Gasteiger partial charge on any atom is -0.495 e. The van der Waals surface area contributed by atoms with Crippen molar-refractivity contribution in [1.29, 1.82) is 0 Å². The molecule has 3 aromatic heterocycles. The maximum absolute atomic E-state index is 13.1. The molecule has 0 atom stereocenters. The third-order valence-corrected chi connectivity index (χ3v) is 7.17. The number of carbonyl (C=O) groups is 1. The van der Waals surface area contributed by atoms with Crippen molar-refractivity contribution in [3.05, 3.63) is 35.7 Å². The molecule has 1 amide bonds. The first-order valence-electron chi connectivity index (χ1n) is 10.7. The Labute approximate surface area is 201 Å². The number of ether oxygens (including phenoxy) is 1. The number of carbonyl (C=O) groups excluding carboxylic acids is 1. The molecule has 0 bridgehead atoms. The minimum atomic E-state index is -0.284. The molecular formula is C24H25N5O2S2. The highest BCUT2D eigenvalue weighted by Gasteiger charge is 2.21. The van der Waals surface area contributed by atoms with Gasteiger partial charge in [0.15, 0.2) is 9.99 Å². The molecular weight excluding hydrogens is 454 g/mol. The second kappa shape index (κ2) is 10.2. The fraction of sp³-hybridized carbons (Fsp3) is 0.333. The molecule has 0 saturated heterocycles. The molecule has 33 heavy (non-hydrogen) atoms. The SMILES string of the molecule is CCCC#CCCSc1nc2ccc(NC(=O)c3cnc4c(c(C)nn4C)c3OC)cc2s1. The summed E-state index contributed by atoms with van der Waals surface area (Å²) >= 11 is 3.34. The lowest BCUT2D eigenvalue weighted by Gasteiger charge is -2.10. The highest BCUT2D eigenvalue weighted by Crippen LogP contribution is 2.33. The number of amides is 1. The molecule has 0 unspecified atom stereocenters. The molecule has 7 nitrogen and oxygen atoms in total. The fourth-order valence-electron chi connectivity index (χ4n) is 3.49. The van der Waals surface area contributed by atoms with Gasteiger partial charge in [0.1, 0.15) is 11.3 Å². The molecule has 4 rings (SSSR count). The van der Waals surface area contributed by atoms with Crippen molar-refractivity contribution in [3.8, 4) is 17.6 Å². The van der Waals surface area contributed by atoms with Crippen molar-refractivity contribution in [1.82, 2.24) is 19.7 Å².